The summed E-state index contributed by atoms with van der Waals surface area (Å²) in [6, 6.07) is 8.87. The first-order chi connectivity index (χ1) is 10.1. The van der Waals surface area contributed by atoms with Crippen molar-refractivity contribution in [1.82, 2.24) is 9.97 Å². The number of benzene rings is 1. The molecule has 0 aliphatic rings. The van der Waals surface area contributed by atoms with Gasteiger partial charge in [0, 0.05) is 10.4 Å². The molecule has 0 amide bonds. The molecule has 0 fully saturated rings. The monoisotopic (exact) mass is 303 g/mol. The van der Waals surface area contributed by atoms with Crippen LogP contribution >= 0.6 is 11.6 Å². The molecular weight excluding hydrogens is 290 g/mol. The van der Waals surface area contributed by atoms with Crippen LogP contribution in [0.15, 0.2) is 47.3 Å². The molecule has 3 aromatic rings. The summed E-state index contributed by atoms with van der Waals surface area (Å²) < 4.78 is 5.25. The predicted molar refractivity (Wildman–Crippen MR) is 81.3 cm³/mol. The van der Waals surface area contributed by atoms with Crippen LogP contribution in [-0.2, 0) is 5.60 Å². The van der Waals surface area contributed by atoms with Crippen molar-refractivity contribution in [3.8, 4) is 0 Å². The Bertz CT molecular complexity index is 757. The number of fused-ring (bicyclic) bond motifs is 1. The van der Waals surface area contributed by atoms with E-state index in [1.54, 1.807) is 31.2 Å². The molecule has 0 spiro atoms. The summed E-state index contributed by atoms with van der Waals surface area (Å²) in [4.78, 5) is 8.40. The summed E-state index contributed by atoms with van der Waals surface area (Å²) in [5.74, 6) is 1.11. The second kappa shape index (κ2) is 5.35. The Morgan fingerprint density at radius 3 is 2.95 bits per heavy atom. The summed E-state index contributed by atoms with van der Waals surface area (Å²) in [6.07, 6.45) is 3.00. The molecule has 1 atom stereocenters. The average Bonchev–Trinajstić information content (AvgIpc) is 3.00. The van der Waals surface area contributed by atoms with Crippen LogP contribution in [0.4, 0.5) is 5.82 Å². The van der Waals surface area contributed by atoms with E-state index in [4.69, 9.17) is 16.0 Å². The molecule has 0 saturated heterocycles. The Hall–Kier alpha value is -2.11. The Morgan fingerprint density at radius 2 is 2.19 bits per heavy atom. The van der Waals surface area contributed by atoms with Crippen molar-refractivity contribution in [2.75, 3.05) is 11.9 Å². The highest BCUT2D eigenvalue weighted by molar-refractivity contribution is 6.31. The molecule has 0 aliphatic heterocycles. The van der Waals surface area contributed by atoms with Crippen LogP contribution < -0.4 is 5.32 Å². The Kier molecular flexibility index (Phi) is 3.53. The second-order valence-corrected chi connectivity index (χ2v) is 5.42. The first-order valence-electron chi connectivity index (χ1n) is 6.47. The summed E-state index contributed by atoms with van der Waals surface area (Å²) in [5, 5.41) is 15.0. The molecular formula is C15H14ClN3O2. The van der Waals surface area contributed by atoms with Gasteiger partial charge in [-0.25, -0.2) is 9.97 Å². The van der Waals surface area contributed by atoms with Crippen molar-refractivity contribution in [1.29, 1.82) is 0 Å². The van der Waals surface area contributed by atoms with E-state index in [0.717, 1.165) is 10.9 Å². The largest absolute Gasteiger partial charge is 0.466 e. The fourth-order valence-electron chi connectivity index (χ4n) is 2.10. The highest BCUT2D eigenvalue weighted by Crippen LogP contribution is 2.25. The Morgan fingerprint density at radius 1 is 1.33 bits per heavy atom. The number of anilines is 1. The van der Waals surface area contributed by atoms with Crippen molar-refractivity contribution < 1.29 is 9.52 Å². The summed E-state index contributed by atoms with van der Waals surface area (Å²) in [5.41, 5.74) is -0.353. The van der Waals surface area contributed by atoms with Gasteiger partial charge < -0.3 is 14.8 Å². The van der Waals surface area contributed by atoms with Gasteiger partial charge in [-0.3, -0.25) is 0 Å². The van der Waals surface area contributed by atoms with Crippen LogP contribution in [0.2, 0.25) is 5.02 Å². The Balaban J connectivity index is 1.87. The van der Waals surface area contributed by atoms with Crippen molar-refractivity contribution >= 4 is 28.3 Å². The van der Waals surface area contributed by atoms with Crippen molar-refractivity contribution in [2.45, 2.75) is 12.5 Å². The van der Waals surface area contributed by atoms with Gasteiger partial charge in [0.25, 0.3) is 0 Å². The second-order valence-electron chi connectivity index (χ2n) is 4.99. The molecule has 2 heterocycles. The lowest BCUT2D eigenvalue weighted by Gasteiger charge is -2.21. The van der Waals surface area contributed by atoms with Crippen LogP contribution in [0.1, 0.15) is 12.7 Å². The predicted octanol–water partition coefficient (Wildman–Crippen LogP) is 3.20. The summed E-state index contributed by atoms with van der Waals surface area (Å²) >= 11 is 6.01. The van der Waals surface area contributed by atoms with Crippen molar-refractivity contribution in [3.05, 3.63) is 53.7 Å². The van der Waals surface area contributed by atoms with Gasteiger partial charge in [0.15, 0.2) is 0 Å². The van der Waals surface area contributed by atoms with E-state index in [-0.39, 0.29) is 6.54 Å². The normalized spacial score (nSPS) is 14.0. The minimum Gasteiger partial charge on any atom is -0.466 e. The minimum absolute atomic E-state index is 0.249. The zero-order valence-corrected chi connectivity index (χ0v) is 12.1. The molecule has 0 radical (unpaired) electrons. The Labute approximate surface area is 126 Å². The van der Waals surface area contributed by atoms with Gasteiger partial charge in [-0.05, 0) is 37.3 Å². The minimum atomic E-state index is -1.14. The highest BCUT2D eigenvalue weighted by atomic mass is 35.5. The van der Waals surface area contributed by atoms with Crippen LogP contribution in [0.5, 0.6) is 0 Å². The third-order valence-corrected chi connectivity index (χ3v) is 3.48. The van der Waals surface area contributed by atoms with Crippen molar-refractivity contribution in [2.24, 2.45) is 0 Å². The number of hydrogen-bond donors (Lipinski definition) is 2. The van der Waals surface area contributed by atoms with E-state index in [1.807, 2.05) is 6.07 Å². The quantitative estimate of drug-likeness (QED) is 0.774. The number of nitrogens with one attached hydrogen (secondary N) is 1. The maximum Gasteiger partial charge on any atom is 0.137 e. The summed E-state index contributed by atoms with van der Waals surface area (Å²) in [7, 11) is 0. The van der Waals surface area contributed by atoms with Crippen LogP contribution in [0, 0.1) is 0 Å². The topological polar surface area (TPSA) is 71.2 Å². The number of furan rings is 1. The van der Waals surface area contributed by atoms with E-state index in [0.29, 0.717) is 16.6 Å². The molecule has 0 saturated carbocycles. The van der Waals surface area contributed by atoms with E-state index in [2.05, 4.69) is 15.3 Å². The molecule has 1 unspecified atom stereocenters. The van der Waals surface area contributed by atoms with Gasteiger partial charge in [0.05, 0.1) is 18.3 Å². The van der Waals surface area contributed by atoms with Crippen LogP contribution in [0.3, 0.4) is 0 Å². The number of hydrogen-bond acceptors (Lipinski definition) is 5. The lowest BCUT2D eigenvalue weighted by Crippen LogP contribution is -2.30. The number of aromatic nitrogens is 2. The SMILES string of the molecule is CC(O)(CNc1ncnc2ccc(Cl)cc12)c1ccco1. The lowest BCUT2D eigenvalue weighted by molar-refractivity contribution is 0.0476. The molecule has 0 aliphatic carbocycles. The number of halogens is 1. The number of nitrogens with zero attached hydrogens (tertiary/aromatic N) is 2. The van der Waals surface area contributed by atoms with Gasteiger partial charge in [-0.2, -0.15) is 0 Å². The summed E-state index contributed by atoms with van der Waals surface area (Å²) in [6.45, 7) is 1.92. The fraction of sp³-hybridized carbons (Fsp3) is 0.200. The molecule has 2 N–H and O–H groups in total. The molecule has 0 bridgehead atoms. The molecule has 5 nitrogen and oxygen atoms in total. The zero-order chi connectivity index (χ0) is 14.9. The molecule has 108 valence electrons. The van der Waals surface area contributed by atoms with Gasteiger partial charge in [-0.15, -0.1) is 0 Å². The molecule has 1 aromatic carbocycles. The maximum absolute atomic E-state index is 10.4. The third kappa shape index (κ3) is 2.84. The maximum atomic E-state index is 10.4. The van der Waals surface area contributed by atoms with E-state index in [9.17, 15) is 5.11 Å². The number of rotatable bonds is 4. The third-order valence-electron chi connectivity index (χ3n) is 3.25. The van der Waals surface area contributed by atoms with Crippen LogP contribution in [-0.4, -0.2) is 21.6 Å². The molecule has 6 heteroatoms. The van der Waals surface area contributed by atoms with Crippen molar-refractivity contribution in [3.63, 3.8) is 0 Å². The first kappa shape index (κ1) is 13.9. The zero-order valence-electron chi connectivity index (χ0n) is 11.4. The number of aliphatic hydroxyl groups is 1. The highest BCUT2D eigenvalue weighted by Gasteiger charge is 2.26. The van der Waals surface area contributed by atoms with E-state index >= 15 is 0 Å². The van der Waals surface area contributed by atoms with Gasteiger partial charge in [0.1, 0.15) is 23.5 Å². The molecule has 2 aromatic heterocycles. The van der Waals surface area contributed by atoms with E-state index < -0.39 is 5.60 Å². The first-order valence-corrected chi connectivity index (χ1v) is 6.84. The van der Waals surface area contributed by atoms with Gasteiger partial charge in [-0.1, -0.05) is 11.6 Å². The van der Waals surface area contributed by atoms with Gasteiger partial charge >= 0.3 is 0 Å². The van der Waals surface area contributed by atoms with E-state index in [1.165, 1.54) is 12.6 Å². The fourth-order valence-corrected chi connectivity index (χ4v) is 2.27. The molecule has 3 rings (SSSR count). The van der Waals surface area contributed by atoms with Gasteiger partial charge in [0.2, 0.25) is 0 Å². The standard InChI is InChI=1S/C15H14ClN3O2/c1-15(20,13-3-2-6-21-13)8-17-14-11-7-10(16)4-5-12(11)18-9-19-14/h2-7,9,20H,8H2,1H3,(H,17,18,19). The van der Waals surface area contributed by atoms with Crippen LogP contribution in [0.25, 0.3) is 10.9 Å². The lowest BCUT2D eigenvalue weighted by atomic mass is 10.0. The average molecular weight is 304 g/mol. The smallest absolute Gasteiger partial charge is 0.137 e. The molecule has 21 heavy (non-hydrogen) atoms.